The number of anilines is 2. The number of urea groups is 1. The number of benzene rings is 2. The molecule has 0 atom stereocenters. The quantitative estimate of drug-likeness (QED) is 0.617. The van der Waals surface area contributed by atoms with Crippen molar-refractivity contribution < 1.29 is 14.0 Å². The van der Waals surface area contributed by atoms with E-state index in [4.69, 9.17) is 0 Å². The van der Waals surface area contributed by atoms with Crippen molar-refractivity contribution in [1.29, 1.82) is 0 Å². The maximum absolute atomic E-state index is 12.9. The summed E-state index contributed by atoms with van der Waals surface area (Å²) >= 11 is 1.15. The largest absolute Gasteiger partial charge is 0.347 e. The lowest BCUT2D eigenvalue weighted by Gasteiger charge is -2.06. The van der Waals surface area contributed by atoms with Crippen molar-refractivity contribution in [3.63, 3.8) is 0 Å². The summed E-state index contributed by atoms with van der Waals surface area (Å²) in [4.78, 5) is 28.3. The van der Waals surface area contributed by atoms with Gasteiger partial charge in [0.05, 0.1) is 0 Å². The lowest BCUT2D eigenvalue weighted by atomic mass is 10.2. The first-order chi connectivity index (χ1) is 13.0. The number of rotatable bonds is 5. The van der Waals surface area contributed by atoms with E-state index >= 15 is 0 Å². The number of hydrogen-bond acceptors (Lipinski definition) is 4. The van der Waals surface area contributed by atoms with E-state index in [1.165, 1.54) is 12.1 Å². The Bertz CT molecular complexity index is 956. The summed E-state index contributed by atoms with van der Waals surface area (Å²) < 4.78 is 12.9. The zero-order valence-electron chi connectivity index (χ0n) is 14.5. The standard InChI is InChI=1S/C19H17FN4O2S/c1-12-3-2-4-15(9-12)22-18(26)24-19-23-16(11-27-19)17(25)21-10-13-5-7-14(20)8-6-13/h2-9,11H,10H2,1H3,(H,21,25)(H2,22,23,24,26). The predicted octanol–water partition coefficient (Wildman–Crippen LogP) is 4.16. The molecule has 0 bridgehead atoms. The van der Waals surface area contributed by atoms with Crippen molar-refractivity contribution in [1.82, 2.24) is 10.3 Å². The smallest absolute Gasteiger partial charge is 0.325 e. The highest BCUT2D eigenvalue weighted by molar-refractivity contribution is 7.14. The molecule has 1 aromatic heterocycles. The Hall–Kier alpha value is -3.26. The fourth-order valence-electron chi connectivity index (χ4n) is 2.29. The minimum atomic E-state index is -0.437. The van der Waals surface area contributed by atoms with Crippen LogP contribution >= 0.6 is 11.3 Å². The molecule has 138 valence electrons. The van der Waals surface area contributed by atoms with Crippen LogP contribution in [0.5, 0.6) is 0 Å². The Morgan fingerprint density at radius 1 is 1.11 bits per heavy atom. The molecule has 27 heavy (non-hydrogen) atoms. The molecule has 1 heterocycles. The van der Waals surface area contributed by atoms with Crippen molar-refractivity contribution >= 4 is 34.1 Å². The molecule has 3 amide bonds. The van der Waals surface area contributed by atoms with Gasteiger partial charge in [0.25, 0.3) is 5.91 Å². The maximum atomic E-state index is 12.9. The number of carbonyl (C=O) groups excluding carboxylic acids is 2. The summed E-state index contributed by atoms with van der Waals surface area (Å²) in [5.41, 5.74) is 2.67. The molecule has 0 saturated heterocycles. The van der Waals surface area contributed by atoms with Crippen molar-refractivity contribution in [3.8, 4) is 0 Å². The minimum absolute atomic E-state index is 0.202. The van der Waals surface area contributed by atoms with Crippen molar-refractivity contribution in [2.45, 2.75) is 13.5 Å². The van der Waals surface area contributed by atoms with Crippen LogP contribution in [0.1, 0.15) is 21.6 Å². The normalized spacial score (nSPS) is 10.3. The molecule has 0 unspecified atom stereocenters. The second-order valence-corrected chi connectivity index (χ2v) is 6.65. The van der Waals surface area contributed by atoms with Crippen LogP contribution in [0.2, 0.25) is 0 Å². The van der Waals surface area contributed by atoms with Gasteiger partial charge in [0, 0.05) is 17.6 Å². The Balaban J connectivity index is 1.53. The third kappa shape index (κ3) is 5.35. The lowest BCUT2D eigenvalue weighted by molar-refractivity contribution is 0.0946. The molecule has 6 nitrogen and oxygen atoms in total. The van der Waals surface area contributed by atoms with E-state index < -0.39 is 6.03 Å². The van der Waals surface area contributed by atoms with E-state index in [0.717, 1.165) is 22.5 Å². The van der Waals surface area contributed by atoms with E-state index in [0.29, 0.717) is 10.8 Å². The number of aryl methyl sites for hydroxylation is 1. The van der Waals surface area contributed by atoms with Gasteiger partial charge in [0.1, 0.15) is 11.5 Å². The Morgan fingerprint density at radius 2 is 1.89 bits per heavy atom. The molecule has 0 aliphatic rings. The molecule has 0 fully saturated rings. The maximum Gasteiger partial charge on any atom is 0.325 e. The molecular weight excluding hydrogens is 367 g/mol. The SMILES string of the molecule is Cc1cccc(NC(=O)Nc2nc(C(=O)NCc3ccc(F)cc3)cs2)c1. The number of thiazole rings is 1. The fourth-order valence-corrected chi connectivity index (χ4v) is 2.98. The van der Waals surface area contributed by atoms with Crippen LogP contribution in [-0.2, 0) is 6.54 Å². The molecule has 0 spiro atoms. The summed E-state index contributed by atoms with van der Waals surface area (Å²) in [6, 6.07) is 12.8. The summed E-state index contributed by atoms with van der Waals surface area (Å²) in [5.74, 6) is -0.702. The molecule has 0 aliphatic carbocycles. The second-order valence-electron chi connectivity index (χ2n) is 5.80. The molecule has 2 aromatic carbocycles. The summed E-state index contributed by atoms with van der Waals surface area (Å²) in [5, 5.41) is 9.88. The summed E-state index contributed by atoms with van der Waals surface area (Å²) in [7, 11) is 0. The Labute approximate surface area is 159 Å². The number of halogens is 1. The molecule has 3 aromatic rings. The molecular formula is C19H17FN4O2S. The Morgan fingerprint density at radius 3 is 2.63 bits per heavy atom. The molecule has 0 saturated carbocycles. The average molecular weight is 384 g/mol. The van der Waals surface area contributed by atoms with Crippen LogP contribution in [0, 0.1) is 12.7 Å². The fraction of sp³-hybridized carbons (Fsp3) is 0.105. The molecule has 3 N–H and O–H groups in total. The summed E-state index contributed by atoms with van der Waals surface area (Å²) in [6.45, 7) is 2.19. The monoisotopic (exact) mass is 384 g/mol. The molecule has 0 aliphatic heterocycles. The Kier molecular flexibility index (Phi) is 5.77. The van der Waals surface area contributed by atoms with E-state index in [2.05, 4.69) is 20.9 Å². The first-order valence-corrected chi connectivity index (χ1v) is 9.00. The topological polar surface area (TPSA) is 83.1 Å². The number of hydrogen-bond donors (Lipinski definition) is 3. The van der Waals surface area contributed by atoms with Gasteiger partial charge in [0.15, 0.2) is 5.13 Å². The number of amides is 3. The first-order valence-electron chi connectivity index (χ1n) is 8.12. The zero-order valence-corrected chi connectivity index (χ0v) is 15.3. The van der Waals surface area contributed by atoms with Crippen molar-refractivity contribution in [2.75, 3.05) is 10.6 Å². The van der Waals surface area contributed by atoms with Gasteiger partial charge in [-0.15, -0.1) is 11.3 Å². The van der Waals surface area contributed by atoms with Crippen LogP contribution in [0.15, 0.2) is 53.9 Å². The highest BCUT2D eigenvalue weighted by Crippen LogP contribution is 2.16. The molecule has 3 rings (SSSR count). The van der Waals surface area contributed by atoms with Crippen LogP contribution in [0.4, 0.5) is 20.0 Å². The van der Waals surface area contributed by atoms with E-state index in [1.54, 1.807) is 23.6 Å². The third-order valence-electron chi connectivity index (χ3n) is 3.60. The van der Waals surface area contributed by atoms with E-state index in [-0.39, 0.29) is 24.0 Å². The van der Waals surface area contributed by atoms with Gasteiger partial charge in [-0.25, -0.2) is 14.2 Å². The van der Waals surface area contributed by atoms with Crippen molar-refractivity contribution in [2.24, 2.45) is 0 Å². The van der Waals surface area contributed by atoms with Crippen LogP contribution in [0.3, 0.4) is 0 Å². The average Bonchev–Trinajstić information content (AvgIpc) is 3.09. The number of nitrogens with zero attached hydrogens (tertiary/aromatic N) is 1. The van der Waals surface area contributed by atoms with Gasteiger partial charge in [-0.3, -0.25) is 10.1 Å². The third-order valence-corrected chi connectivity index (χ3v) is 4.36. The van der Waals surface area contributed by atoms with Gasteiger partial charge >= 0.3 is 6.03 Å². The van der Waals surface area contributed by atoms with Crippen LogP contribution < -0.4 is 16.0 Å². The number of aromatic nitrogens is 1. The lowest BCUT2D eigenvalue weighted by Crippen LogP contribution is -2.23. The van der Waals surface area contributed by atoms with Crippen LogP contribution in [0.25, 0.3) is 0 Å². The van der Waals surface area contributed by atoms with E-state index in [1.807, 2.05) is 25.1 Å². The predicted molar refractivity (Wildman–Crippen MR) is 104 cm³/mol. The van der Waals surface area contributed by atoms with Gasteiger partial charge < -0.3 is 10.6 Å². The van der Waals surface area contributed by atoms with Gasteiger partial charge in [0.2, 0.25) is 0 Å². The number of nitrogens with one attached hydrogen (secondary N) is 3. The molecule has 0 radical (unpaired) electrons. The van der Waals surface area contributed by atoms with Crippen LogP contribution in [-0.4, -0.2) is 16.9 Å². The highest BCUT2D eigenvalue weighted by Gasteiger charge is 2.12. The summed E-state index contributed by atoms with van der Waals surface area (Å²) in [6.07, 6.45) is 0. The molecule has 8 heteroatoms. The van der Waals surface area contributed by atoms with Gasteiger partial charge in [-0.1, -0.05) is 24.3 Å². The minimum Gasteiger partial charge on any atom is -0.347 e. The van der Waals surface area contributed by atoms with Crippen molar-refractivity contribution in [3.05, 3.63) is 76.5 Å². The highest BCUT2D eigenvalue weighted by atomic mass is 32.1. The zero-order chi connectivity index (χ0) is 19.2. The number of carbonyl (C=O) groups is 2. The second kappa shape index (κ2) is 8.41. The van der Waals surface area contributed by atoms with Gasteiger partial charge in [-0.2, -0.15) is 0 Å². The van der Waals surface area contributed by atoms with E-state index in [9.17, 15) is 14.0 Å². The first kappa shape index (κ1) is 18.5. The van der Waals surface area contributed by atoms with Gasteiger partial charge in [-0.05, 0) is 42.3 Å².